The van der Waals surface area contributed by atoms with Gasteiger partial charge in [0.05, 0.1) is 10.7 Å². The fraction of sp³-hybridized carbons (Fsp3) is 0.0909. The Kier molecular flexibility index (Phi) is 3.34. The minimum atomic E-state index is 0.360. The minimum Gasteiger partial charge on any atom is -0.436 e. The molecule has 1 aromatic carbocycles. The lowest BCUT2D eigenvalue weighted by Gasteiger charge is -2.05. The highest BCUT2D eigenvalue weighted by Crippen LogP contribution is 2.27. The number of para-hydroxylation sites is 1. The lowest BCUT2D eigenvalue weighted by Crippen LogP contribution is -2.01. The standard InChI is InChI=1S/C11H10ClN3O/c12-9-3-1-2-4-10(9)16-11-6-5-8(7-13)14-15-11/h1-6H,7,13H2. The van der Waals surface area contributed by atoms with E-state index in [1.165, 1.54) is 0 Å². The quantitative estimate of drug-likeness (QED) is 0.887. The second-order valence-electron chi connectivity index (χ2n) is 3.10. The maximum absolute atomic E-state index is 5.94. The van der Waals surface area contributed by atoms with Gasteiger partial charge in [0.25, 0.3) is 0 Å². The van der Waals surface area contributed by atoms with E-state index in [4.69, 9.17) is 22.1 Å². The van der Waals surface area contributed by atoms with Gasteiger partial charge in [0.15, 0.2) is 0 Å². The van der Waals surface area contributed by atoms with Crippen LogP contribution in [-0.4, -0.2) is 10.2 Å². The van der Waals surface area contributed by atoms with Gasteiger partial charge in [-0.2, -0.15) is 5.10 Å². The van der Waals surface area contributed by atoms with Crippen molar-refractivity contribution in [2.24, 2.45) is 5.73 Å². The highest BCUT2D eigenvalue weighted by molar-refractivity contribution is 6.32. The van der Waals surface area contributed by atoms with E-state index in [1.807, 2.05) is 12.1 Å². The van der Waals surface area contributed by atoms with E-state index in [9.17, 15) is 0 Å². The van der Waals surface area contributed by atoms with Gasteiger partial charge in [-0.25, -0.2) is 0 Å². The normalized spacial score (nSPS) is 10.1. The molecule has 0 bridgehead atoms. The summed E-state index contributed by atoms with van der Waals surface area (Å²) in [6.07, 6.45) is 0. The zero-order valence-corrected chi connectivity index (χ0v) is 9.19. The van der Waals surface area contributed by atoms with Crippen molar-refractivity contribution in [3.05, 3.63) is 47.1 Å². The first-order chi connectivity index (χ1) is 7.79. The van der Waals surface area contributed by atoms with Gasteiger partial charge in [0.2, 0.25) is 5.88 Å². The number of aromatic nitrogens is 2. The molecule has 2 aromatic rings. The van der Waals surface area contributed by atoms with Crippen molar-refractivity contribution in [2.75, 3.05) is 0 Å². The zero-order chi connectivity index (χ0) is 11.4. The summed E-state index contributed by atoms with van der Waals surface area (Å²) in [5.74, 6) is 0.948. The molecule has 0 aliphatic carbocycles. The van der Waals surface area contributed by atoms with Crippen LogP contribution < -0.4 is 10.5 Å². The predicted octanol–water partition coefficient (Wildman–Crippen LogP) is 2.38. The third kappa shape index (κ3) is 2.48. The maximum Gasteiger partial charge on any atom is 0.238 e. The van der Waals surface area contributed by atoms with Crippen molar-refractivity contribution in [3.63, 3.8) is 0 Å². The summed E-state index contributed by atoms with van der Waals surface area (Å²) < 4.78 is 5.46. The Morgan fingerprint density at radius 3 is 2.56 bits per heavy atom. The molecule has 16 heavy (non-hydrogen) atoms. The Balaban J connectivity index is 2.18. The average molecular weight is 236 g/mol. The molecule has 0 saturated carbocycles. The van der Waals surface area contributed by atoms with Crippen molar-refractivity contribution in [2.45, 2.75) is 6.54 Å². The van der Waals surface area contributed by atoms with Crippen LogP contribution in [0.3, 0.4) is 0 Å². The number of rotatable bonds is 3. The summed E-state index contributed by atoms with van der Waals surface area (Å²) in [7, 11) is 0. The third-order valence-electron chi connectivity index (χ3n) is 1.96. The van der Waals surface area contributed by atoms with Gasteiger partial charge in [-0.05, 0) is 18.2 Å². The number of benzene rings is 1. The molecule has 5 heteroatoms. The summed E-state index contributed by atoms with van der Waals surface area (Å²) >= 11 is 5.94. The summed E-state index contributed by atoms with van der Waals surface area (Å²) in [5.41, 5.74) is 6.13. The van der Waals surface area contributed by atoms with Crippen molar-refractivity contribution in [3.8, 4) is 11.6 Å². The first-order valence-electron chi connectivity index (χ1n) is 4.74. The van der Waals surface area contributed by atoms with Gasteiger partial charge in [-0.15, -0.1) is 5.10 Å². The van der Waals surface area contributed by atoms with Crippen LogP contribution in [0.25, 0.3) is 0 Å². The molecule has 0 aliphatic rings. The number of halogens is 1. The molecular weight excluding hydrogens is 226 g/mol. The predicted molar refractivity (Wildman–Crippen MR) is 61.4 cm³/mol. The zero-order valence-electron chi connectivity index (χ0n) is 8.43. The molecule has 1 aromatic heterocycles. The smallest absolute Gasteiger partial charge is 0.238 e. The number of hydrogen-bond donors (Lipinski definition) is 1. The topological polar surface area (TPSA) is 61.0 Å². The molecular formula is C11H10ClN3O. The van der Waals surface area contributed by atoms with E-state index in [-0.39, 0.29) is 0 Å². The van der Waals surface area contributed by atoms with Gasteiger partial charge in [-0.3, -0.25) is 0 Å². The van der Waals surface area contributed by atoms with Gasteiger partial charge >= 0.3 is 0 Å². The van der Waals surface area contributed by atoms with Gasteiger partial charge in [0, 0.05) is 12.6 Å². The number of ether oxygens (including phenoxy) is 1. The number of nitrogens with zero attached hydrogens (tertiary/aromatic N) is 2. The Morgan fingerprint density at radius 1 is 1.12 bits per heavy atom. The molecule has 0 unspecified atom stereocenters. The van der Waals surface area contributed by atoms with E-state index in [2.05, 4.69) is 10.2 Å². The van der Waals surface area contributed by atoms with Gasteiger partial charge in [-0.1, -0.05) is 23.7 Å². The van der Waals surface area contributed by atoms with Crippen LogP contribution in [-0.2, 0) is 6.54 Å². The average Bonchev–Trinajstić information content (AvgIpc) is 2.33. The van der Waals surface area contributed by atoms with Crippen LogP contribution >= 0.6 is 11.6 Å². The van der Waals surface area contributed by atoms with Crippen LogP contribution in [0.4, 0.5) is 0 Å². The van der Waals surface area contributed by atoms with Crippen molar-refractivity contribution < 1.29 is 4.74 Å². The van der Waals surface area contributed by atoms with Crippen molar-refractivity contribution in [1.82, 2.24) is 10.2 Å². The van der Waals surface area contributed by atoms with Crippen molar-refractivity contribution >= 4 is 11.6 Å². The van der Waals surface area contributed by atoms with Gasteiger partial charge in [0.1, 0.15) is 5.75 Å². The van der Waals surface area contributed by atoms with Gasteiger partial charge < -0.3 is 10.5 Å². The van der Waals surface area contributed by atoms with E-state index in [0.29, 0.717) is 28.9 Å². The summed E-state index contributed by atoms with van der Waals surface area (Å²) in [4.78, 5) is 0. The lowest BCUT2D eigenvalue weighted by molar-refractivity contribution is 0.454. The van der Waals surface area contributed by atoms with Crippen LogP contribution in [0.1, 0.15) is 5.69 Å². The van der Waals surface area contributed by atoms with Crippen LogP contribution in [0.15, 0.2) is 36.4 Å². The molecule has 2 N–H and O–H groups in total. The first-order valence-corrected chi connectivity index (χ1v) is 5.12. The molecule has 2 rings (SSSR count). The number of nitrogens with two attached hydrogens (primary N) is 1. The molecule has 0 aliphatic heterocycles. The molecule has 0 radical (unpaired) electrons. The van der Waals surface area contributed by atoms with E-state index in [1.54, 1.807) is 24.3 Å². The molecule has 0 spiro atoms. The fourth-order valence-corrected chi connectivity index (χ4v) is 1.33. The Morgan fingerprint density at radius 2 is 1.94 bits per heavy atom. The molecule has 1 heterocycles. The van der Waals surface area contributed by atoms with Crippen LogP contribution in [0.5, 0.6) is 11.6 Å². The SMILES string of the molecule is NCc1ccc(Oc2ccccc2Cl)nn1. The molecule has 0 fully saturated rings. The highest BCUT2D eigenvalue weighted by atomic mass is 35.5. The Labute approximate surface area is 98.0 Å². The van der Waals surface area contributed by atoms with E-state index < -0.39 is 0 Å². The molecule has 0 atom stereocenters. The lowest BCUT2D eigenvalue weighted by atomic mass is 10.3. The fourth-order valence-electron chi connectivity index (χ4n) is 1.15. The number of hydrogen-bond acceptors (Lipinski definition) is 4. The van der Waals surface area contributed by atoms with E-state index >= 15 is 0 Å². The van der Waals surface area contributed by atoms with Crippen LogP contribution in [0.2, 0.25) is 5.02 Å². The molecule has 0 amide bonds. The highest BCUT2D eigenvalue weighted by Gasteiger charge is 2.03. The second-order valence-corrected chi connectivity index (χ2v) is 3.51. The monoisotopic (exact) mass is 235 g/mol. The molecule has 4 nitrogen and oxygen atoms in total. The summed E-state index contributed by atoms with van der Waals surface area (Å²) in [5, 5.41) is 8.29. The molecule has 82 valence electrons. The summed E-state index contributed by atoms with van der Waals surface area (Å²) in [6.45, 7) is 0.360. The van der Waals surface area contributed by atoms with E-state index in [0.717, 1.165) is 0 Å². The summed E-state index contributed by atoms with van der Waals surface area (Å²) in [6, 6.07) is 10.7. The Bertz CT molecular complexity index is 473. The third-order valence-corrected chi connectivity index (χ3v) is 2.27. The van der Waals surface area contributed by atoms with Crippen LogP contribution in [0, 0.1) is 0 Å². The first kappa shape index (κ1) is 10.9. The largest absolute Gasteiger partial charge is 0.436 e. The van der Waals surface area contributed by atoms with Crippen molar-refractivity contribution in [1.29, 1.82) is 0 Å². The molecule has 0 saturated heterocycles. The minimum absolute atomic E-state index is 0.360. The maximum atomic E-state index is 5.94. The Hall–Kier alpha value is -1.65. The second kappa shape index (κ2) is 4.92.